The molecule has 1 aromatic carbocycles. The zero-order valence-corrected chi connectivity index (χ0v) is 18.9. The van der Waals surface area contributed by atoms with Gasteiger partial charge in [-0.25, -0.2) is 13.8 Å². The number of ether oxygens (including phenoxy) is 2. The number of morpholine rings is 1. The molecule has 1 saturated heterocycles. The molecule has 1 fully saturated rings. The number of fused-ring (bicyclic) bond motifs is 1. The van der Waals surface area contributed by atoms with Gasteiger partial charge >= 0.3 is 6.01 Å². The van der Waals surface area contributed by atoms with Crippen LogP contribution in [0.25, 0.3) is 22.6 Å². The molecule has 4 aromatic rings. The van der Waals surface area contributed by atoms with Crippen LogP contribution in [0.15, 0.2) is 36.7 Å². The number of aromatic nitrogens is 5. The quantitative estimate of drug-likeness (QED) is 0.465. The van der Waals surface area contributed by atoms with E-state index >= 15 is 4.39 Å². The lowest BCUT2D eigenvalue weighted by atomic mass is 10.1. The van der Waals surface area contributed by atoms with E-state index < -0.39 is 5.82 Å². The van der Waals surface area contributed by atoms with Crippen molar-refractivity contribution in [3.63, 3.8) is 0 Å². The van der Waals surface area contributed by atoms with Gasteiger partial charge in [-0.15, -0.1) is 0 Å². The molecule has 0 bridgehead atoms. The number of pyridine rings is 1. The van der Waals surface area contributed by atoms with Gasteiger partial charge in [0.05, 0.1) is 37.8 Å². The summed E-state index contributed by atoms with van der Waals surface area (Å²) in [5, 5.41) is 3.25. The van der Waals surface area contributed by atoms with Crippen LogP contribution in [0, 0.1) is 18.6 Å². The Morgan fingerprint density at radius 1 is 1.18 bits per heavy atom. The van der Waals surface area contributed by atoms with Gasteiger partial charge in [0.2, 0.25) is 0 Å². The number of rotatable bonds is 6. The van der Waals surface area contributed by atoms with Crippen LogP contribution in [0.5, 0.6) is 6.01 Å². The second-order valence-corrected chi connectivity index (χ2v) is 8.02. The summed E-state index contributed by atoms with van der Waals surface area (Å²) in [6.07, 6.45) is 2.44. The molecule has 1 aliphatic heterocycles. The molecule has 8 nitrogen and oxygen atoms in total. The molecule has 1 aliphatic rings. The first kappa shape index (κ1) is 22.3. The molecule has 0 saturated carbocycles. The standard InChI is InChI=1S/C24H24F2N6O2/c1-3-33-24-29-14(2)21-23(31-24)32(22(30-21)17-8-18(25)11-28-10-17)13-16-5-4-15(9-19(16)26)20-12-27-6-7-34-20/h4-5,8-11,20,27H,3,6-7,12-13H2,1-2H3. The summed E-state index contributed by atoms with van der Waals surface area (Å²) in [5.74, 6) is -0.450. The predicted molar refractivity (Wildman–Crippen MR) is 121 cm³/mol. The van der Waals surface area contributed by atoms with Crippen molar-refractivity contribution in [2.24, 2.45) is 0 Å². The third-order valence-corrected chi connectivity index (χ3v) is 5.69. The molecule has 1 atom stereocenters. The average molecular weight is 466 g/mol. The van der Waals surface area contributed by atoms with Gasteiger partial charge in [-0.1, -0.05) is 12.1 Å². The summed E-state index contributed by atoms with van der Waals surface area (Å²) in [5.41, 5.74) is 3.27. The van der Waals surface area contributed by atoms with E-state index in [9.17, 15) is 4.39 Å². The molecular weight excluding hydrogens is 442 g/mol. The van der Waals surface area contributed by atoms with Crippen LogP contribution in [-0.2, 0) is 11.3 Å². The highest BCUT2D eigenvalue weighted by Gasteiger charge is 2.21. The number of halogens is 2. The second-order valence-electron chi connectivity index (χ2n) is 8.02. The van der Waals surface area contributed by atoms with Crippen molar-refractivity contribution in [2.45, 2.75) is 26.5 Å². The molecule has 0 spiro atoms. The number of hydrogen-bond donors (Lipinski definition) is 1. The summed E-state index contributed by atoms with van der Waals surface area (Å²) in [6, 6.07) is 6.64. The number of hydrogen-bond acceptors (Lipinski definition) is 7. The Bertz CT molecular complexity index is 1340. The van der Waals surface area contributed by atoms with Crippen molar-refractivity contribution in [1.29, 1.82) is 0 Å². The van der Waals surface area contributed by atoms with Crippen LogP contribution >= 0.6 is 0 Å². The molecule has 1 N–H and O–H groups in total. The van der Waals surface area contributed by atoms with Crippen LogP contribution in [0.2, 0.25) is 0 Å². The zero-order valence-electron chi connectivity index (χ0n) is 18.9. The Balaban J connectivity index is 1.60. The molecule has 0 radical (unpaired) electrons. The van der Waals surface area contributed by atoms with Gasteiger partial charge in [-0.3, -0.25) is 4.98 Å². The Kier molecular flexibility index (Phi) is 6.16. The van der Waals surface area contributed by atoms with Gasteiger partial charge in [0, 0.05) is 30.4 Å². The van der Waals surface area contributed by atoms with E-state index in [0.717, 1.165) is 18.3 Å². The van der Waals surface area contributed by atoms with Crippen molar-refractivity contribution in [1.82, 2.24) is 29.8 Å². The first-order valence-corrected chi connectivity index (χ1v) is 11.1. The monoisotopic (exact) mass is 466 g/mol. The molecule has 3 aromatic heterocycles. The van der Waals surface area contributed by atoms with Crippen molar-refractivity contribution in [3.05, 3.63) is 65.1 Å². The lowest BCUT2D eigenvalue weighted by molar-refractivity contribution is 0.0275. The van der Waals surface area contributed by atoms with E-state index in [0.29, 0.717) is 53.6 Å². The molecule has 4 heterocycles. The maximum Gasteiger partial charge on any atom is 0.318 e. The zero-order chi connectivity index (χ0) is 23.7. The van der Waals surface area contributed by atoms with Crippen LogP contribution in [0.1, 0.15) is 29.8 Å². The van der Waals surface area contributed by atoms with Crippen LogP contribution < -0.4 is 10.1 Å². The van der Waals surface area contributed by atoms with E-state index in [1.54, 1.807) is 17.6 Å². The van der Waals surface area contributed by atoms with Gasteiger partial charge in [0.1, 0.15) is 23.0 Å². The Hall–Kier alpha value is -3.50. The summed E-state index contributed by atoms with van der Waals surface area (Å²) in [7, 11) is 0. The Morgan fingerprint density at radius 2 is 2.06 bits per heavy atom. The fourth-order valence-electron chi connectivity index (χ4n) is 4.05. The van der Waals surface area contributed by atoms with Crippen LogP contribution in [0.3, 0.4) is 0 Å². The maximum absolute atomic E-state index is 15.2. The molecule has 34 heavy (non-hydrogen) atoms. The predicted octanol–water partition coefficient (Wildman–Crippen LogP) is 3.58. The average Bonchev–Trinajstić information content (AvgIpc) is 3.20. The third-order valence-electron chi connectivity index (χ3n) is 5.69. The van der Waals surface area contributed by atoms with Gasteiger partial charge < -0.3 is 19.4 Å². The maximum atomic E-state index is 15.2. The second kappa shape index (κ2) is 9.40. The summed E-state index contributed by atoms with van der Waals surface area (Å²) >= 11 is 0. The number of imidazole rings is 1. The van der Waals surface area contributed by atoms with Gasteiger partial charge in [0.25, 0.3) is 0 Å². The van der Waals surface area contributed by atoms with Crippen molar-refractivity contribution in [3.8, 4) is 17.4 Å². The van der Waals surface area contributed by atoms with Crippen molar-refractivity contribution >= 4 is 11.2 Å². The molecule has 5 rings (SSSR count). The number of benzene rings is 1. The fraction of sp³-hybridized carbons (Fsp3) is 0.333. The van der Waals surface area contributed by atoms with Crippen LogP contribution in [0.4, 0.5) is 8.78 Å². The van der Waals surface area contributed by atoms with Crippen LogP contribution in [-0.4, -0.2) is 50.8 Å². The number of nitrogens with one attached hydrogen (secondary N) is 1. The molecule has 1 unspecified atom stereocenters. The topological polar surface area (TPSA) is 87.0 Å². The lowest BCUT2D eigenvalue weighted by Gasteiger charge is -2.24. The van der Waals surface area contributed by atoms with Crippen molar-refractivity contribution in [2.75, 3.05) is 26.3 Å². The van der Waals surface area contributed by atoms with Crippen molar-refractivity contribution < 1.29 is 18.3 Å². The summed E-state index contributed by atoms with van der Waals surface area (Å²) < 4.78 is 42.2. The molecule has 0 amide bonds. The lowest BCUT2D eigenvalue weighted by Crippen LogP contribution is -2.33. The van der Waals surface area contributed by atoms with Gasteiger partial charge in [-0.2, -0.15) is 9.97 Å². The minimum Gasteiger partial charge on any atom is -0.464 e. The molecule has 10 heteroatoms. The van der Waals surface area contributed by atoms with Gasteiger partial charge in [0.15, 0.2) is 5.65 Å². The van der Waals surface area contributed by atoms with E-state index in [1.807, 2.05) is 13.0 Å². The summed E-state index contributed by atoms with van der Waals surface area (Å²) in [4.78, 5) is 17.5. The molecule has 176 valence electrons. The van der Waals surface area contributed by atoms with E-state index in [-0.39, 0.29) is 24.5 Å². The first-order valence-electron chi connectivity index (χ1n) is 11.1. The number of aryl methyl sites for hydroxylation is 1. The van der Waals surface area contributed by atoms with E-state index in [1.165, 1.54) is 18.3 Å². The molecular formula is C24H24F2N6O2. The SMILES string of the molecule is CCOc1nc(C)c2nc(-c3cncc(F)c3)n(Cc3ccc(C4CNCCO4)cc3F)c2n1. The largest absolute Gasteiger partial charge is 0.464 e. The highest BCUT2D eigenvalue weighted by molar-refractivity contribution is 5.79. The first-order chi connectivity index (χ1) is 16.5. The third kappa shape index (κ3) is 4.34. The fourth-order valence-corrected chi connectivity index (χ4v) is 4.05. The number of nitrogens with zero attached hydrogens (tertiary/aromatic N) is 5. The van der Waals surface area contributed by atoms with Gasteiger partial charge in [-0.05, 0) is 31.5 Å². The Morgan fingerprint density at radius 3 is 2.79 bits per heavy atom. The normalized spacial score (nSPS) is 16.2. The minimum atomic E-state index is -0.495. The van der Waals surface area contributed by atoms with E-state index in [4.69, 9.17) is 9.47 Å². The Labute approximate surface area is 195 Å². The molecule has 0 aliphatic carbocycles. The highest BCUT2D eigenvalue weighted by atomic mass is 19.1. The minimum absolute atomic E-state index is 0.125. The summed E-state index contributed by atoms with van der Waals surface area (Å²) in [6.45, 7) is 6.17. The smallest absolute Gasteiger partial charge is 0.318 e. The van der Waals surface area contributed by atoms with E-state index in [2.05, 4.69) is 25.3 Å². The highest BCUT2D eigenvalue weighted by Crippen LogP contribution is 2.29.